The molecule has 230 valence electrons. The van der Waals surface area contributed by atoms with Gasteiger partial charge in [0.2, 0.25) is 0 Å². The van der Waals surface area contributed by atoms with E-state index >= 15 is 0 Å². The third kappa shape index (κ3) is 5.48. The van der Waals surface area contributed by atoms with Crippen LogP contribution in [0.1, 0.15) is 19.2 Å². The van der Waals surface area contributed by atoms with Gasteiger partial charge in [-0.1, -0.05) is 176 Å². The molecule has 0 aliphatic carbocycles. The summed E-state index contributed by atoms with van der Waals surface area (Å²) in [5.74, 6) is -1.72. The third-order valence-electron chi connectivity index (χ3n) is 8.03. The maximum atomic E-state index is 9.35. The largest absolute Gasteiger partial charge is 0.208 e. The van der Waals surface area contributed by atoms with E-state index in [0.29, 0.717) is 5.56 Å². The number of thiophene rings is 1. The zero-order chi connectivity index (χ0) is 44.8. The summed E-state index contributed by atoms with van der Waals surface area (Å²) in [6.07, 6.45) is 0. The molecule has 0 aliphatic heterocycles. The van der Waals surface area contributed by atoms with Gasteiger partial charge >= 0.3 is 0 Å². The van der Waals surface area contributed by atoms with E-state index in [4.69, 9.17) is 13.7 Å². The van der Waals surface area contributed by atoms with E-state index in [-0.39, 0.29) is 5.56 Å². The lowest BCUT2D eigenvalue weighted by atomic mass is 9.98. The summed E-state index contributed by atoms with van der Waals surface area (Å²) in [6.45, 7) is 0. The van der Waals surface area contributed by atoms with Crippen molar-refractivity contribution >= 4 is 31.5 Å². The molecule has 0 amide bonds. The molecule has 0 radical (unpaired) electrons. The molecule has 0 unspecified atom stereocenters. The van der Waals surface area contributed by atoms with Gasteiger partial charge in [-0.3, -0.25) is 0 Å². The van der Waals surface area contributed by atoms with E-state index in [9.17, 15) is 5.48 Å². The number of hydrogen-bond donors (Lipinski definition) is 0. The topological polar surface area (TPSA) is 38.7 Å². The van der Waals surface area contributed by atoms with Gasteiger partial charge in [-0.15, -0.1) is 11.3 Å². The lowest BCUT2D eigenvalue weighted by Gasteiger charge is -2.09. The van der Waals surface area contributed by atoms with Gasteiger partial charge in [-0.05, 0) is 33.4 Å². The Kier molecular flexibility index (Phi) is 4.51. The predicted octanol–water partition coefficient (Wildman–Crippen LogP) is 12.2. The van der Waals surface area contributed by atoms with Crippen LogP contribution >= 0.6 is 11.3 Å². The minimum atomic E-state index is -0.727. The Bertz CT molecular complexity index is 3220. The van der Waals surface area contributed by atoms with E-state index in [1.54, 1.807) is 12.1 Å². The van der Waals surface area contributed by atoms with Gasteiger partial charge in [-0.2, -0.15) is 0 Å². The predicted molar refractivity (Wildman–Crippen MR) is 205 cm³/mol. The smallest absolute Gasteiger partial charge is 0.164 e. The van der Waals surface area contributed by atoms with E-state index in [1.165, 1.54) is 11.3 Å². The fourth-order valence-electron chi connectivity index (χ4n) is 5.71. The molecule has 0 spiro atoms. The van der Waals surface area contributed by atoms with Crippen molar-refractivity contribution < 1.29 is 19.2 Å². The molecule has 7 aromatic carbocycles. The van der Waals surface area contributed by atoms with Crippen LogP contribution in [-0.4, -0.2) is 15.0 Å². The summed E-state index contributed by atoms with van der Waals surface area (Å²) in [6, 6.07) is 20.5. The molecule has 9 aromatic rings. The Balaban J connectivity index is 1.25. The fraction of sp³-hybridized carbons (Fsp3) is 0. The van der Waals surface area contributed by atoms with Gasteiger partial charge in [-0.25, -0.2) is 15.0 Å². The molecule has 0 atom stereocenters. The Labute approximate surface area is 308 Å². The molecule has 2 aromatic heterocycles. The van der Waals surface area contributed by atoms with Crippen LogP contribution in [0.5, 0.6) is 0 Å². The molecule has 0 aliphatic rings. The molecule has 3 nitrogen and oxygen atoms in total. The van der Waals surface area contributed by atoms with Crippen molar-refractivity contribution in [3.63, 3.8) is 0 Å². The molecule has 9 rings (SSSR count). The minimum Gasteiger partial charge on any atom is -0.208 e. The van der Waals surface area contributed by atoms with Crippen molar-refractivity contribution in [3.8, 4) is 67.5 Å². The van der Waals surface area contributed by atoms with E-state index in [2.05, 4.69) is 51.4 Å². The second-order valence-corrected chi connectivity index (χ2v) is 12.0. The number of fused-ring (bicyclic) bond motifs is 3. The van der Waals surface area contributed by atoms with Crippen LogP contribution in [0, 0.1) is 0 Å². The van der Waals surface area contributed by atoms with E-state index in [0.717, 1.165) is 42.4 Å². The second-order valence-electron chi connectivity index (χ2n) is 11.0. The summed E-state index contributed by atoms with van der Waals surface area (Å²) in [4.78, 5) is 13.0. The van der Waals surface area contributed by atoms with Crippen molar-refractivity contribution in [1.82, 2.24) is 15.0 Å². The van der Waals surface area contributed by atoms with Crippen LogP contribution < -0.4 is 0 Å². The molecule has 4 heteroatoms. The summed E-state index contributed by atoms with van der Waals surface area (Å²) >= 11 is 1.46. The number of benzene rings is 7. The first-order valence-electron chi connectivity index (χ1n) is 22.2. The molecule has 0 N–H and O–H groups in total. The average molecular weight is 658 g/mol. The zero-order valence-corrected chi connectivity index (χ0v) is 26.2. The molecule has 0 fully saturated rings. The first kappa shape index (κ1) is 17.8. The number of rotatable bonds is 6. The summed E-state index contributed by atoms with van der Waals surface area (Å²) in [7, 11) is 0. The van der Waals surface area contributed by atoms with Crippen molar-refractivity contribution in [1.29, 1.82) is 0 Å². The van der Waals surface area contributed by atoms with Crippen LogP contribution in [0.25, 0.3) is 87.7 Å². The highest BCUT2D eigenvalue weighted by Gasteiger charge is 2.16. The molecule has 2 heterocycles. The normalized spacial score (nSPS) is 15.3. The molecular weight excluding hydrogens is 615 g/mol. The van der Waals surface area contributed by atoms with E-state index < -0.39 is 119 Å². The van der Waals surface area contributed by atoms with Crippen LogP contribution in [-0.2, 0) is 0 Å². The van der Waals surface area contributed by atoms with Gasteiger partial charge < -0.3 is 0 Å². The van der Waals surface area contributed by atoms with Crippen molar-refractivity contribution in [2.45, 2.75) is 0 Å². The van der Waals surface area contributed by atoms with E-state index in [1.807, 2.05) is 42.5 Å². The number of hydrogen-bond acceptors (Lipinski definition) is 4. The van der Waals surface area contributed by atoms with Crippen LogP contribution in [0.3, 0.4) is 0 Å². The van der Waals surface area contributed by atoms with Crippen LogP contribution in [0.15, 0.2) is 176 Å². The first-order valence-corrected chi connectivity index (χ1v) is 16.0. The van der Waals surface area contributed by atoms with Crippen molar-refractivity contribution in [2.24, 2.45) is 0 Å². The summed E-state index contributed by atoms with van der Waals surface area (Å²) in [5, 5.41) is 1.79. The molecule has 0 saturated carbocycles. The summed E-state index contributed by atoms with van der Waals surface area (Å²) in [5.41, 5.74) is 3.08. The maximum absolute atomic E-state index is 9.35. The highest BCUT2D eigenvalue weighted by Crippen LogP contribution is 2.44. The fourth-order valence-corrected chi connectivity index (χ4v) is 7.07. The Hall–Kier alpha value is -6.23. The zero-order valence-electron chi connectivity index (χ0n) is 39.4. The quantitative estimate of drug-likeness (QED) is 0.179. The van der Waals surface area contributed by atoms with Crippen molar-refractivity contribution in [2.75, 3.05) is 0 Å². The molecule has 0 bridgehead atoms. The Morgan fingerprint density at radius 1 is 0.347 bits per heavy atom. The van der Waals surface area contributed by atoms with Gasteiger partial charge in [0.15, 0.2) is 17.5 Å². The molecule has 0 saturated heterocycles. The second kappa shape index (κ2) is 12.4. The van der Waals surface area contributed by atoms with Crippen molar-refractivity contribution in [3.05, 3.63) is 176 Å². The van der Waals surface area contributed by atoms with Gasteiger partial charge in [0.1, 0.15) is 0 Å². The average Bonchev–Trinajstić information content (AvgIpc) is 3.69. The SMILES string of the molecule is [2H]c1c([2H])c([2H])c(-c2nc(-c3c([2H])c([2H])c([2H])c([2H])c3[2H])nc(-c3c([2H])c([2H])c(-c4cccc5c4sc4c(-c6ccc(-c7ccccc7)cc6)cccc45)c([2H])c3[2H])n2)c([2H])c1[2H]. The van der Waals surface area contributed by atoms with Gasteiger partial charge in [0, 0.05) is 36.9 Å². The lowest BCUT2D eigenvalue weighted by molar-refractivity contribution is 1.07. The number of nitrogens with zero attached hydrogens (tertiary/aromatic N) is 3. The maximum Gasteiger partial charge on any atom is 0.164 e. The standard InChI is InChI=1S/C45H29N3S/c1-4-12-30(13-5-1)31-22-24-32(25-23-31)37-18-10-20-39-40-21-11-19-38(42(40)49-41(37)39)33-26-28-36(29-27-33)45-47-43(34-14-6-2-7-15-34)46-44(48-45)35-16-8-3-9-17-35/h1-29H/i2D,3D,6D,7D,8D,9D,14D,15D,16D,17D,26D,27D,28D,29D. The van der Waals surface area contributed by atoms with Crippen LogP contribution in [0.4, 0.5) is 0 Å². The highest BCUT2D eigenvalue weighted by atomic mass is 32.1. The summed E-state index contributed by atoms with van der Waals surface area (Å²) < 4.78 is 123. The number of aromatic nitrogens is 3. The minimum absolute atomic E-state index is 0.00888. The molecular formula is C45H29N3S. The Morgan fingerprint density at radius 3 is 1.31 bits per heavy atom. The lowest BCUT2D eigenvalue weighted by Crippen LogP contribution is -2.00. The Morgan fingerprint density at radius 2 is 0.776 bits per heavy atom. The first-order chi connectivity index (χ1) is 30.1. The monoisotopic (exact) mass is 657 g/mol. The molecule has 49 heavy (non-hydrogen) atoms. The third-order valence-corrected chi connectivity index (χ3v) is 9.32. The van der Waals surface area contributed by atoms with Crippen LogP contribution in [0.2, 0.25) is 0 Å². The van der Waals surface area contributed by atoms with Gasteiger partial charge in [0.05, 0.1) is 19.2 Å². The van der Waals surface area contributed by atoms with Gasteiger partial charge in [0.25, 0.3) is 0 Å². The highest BCUT2D eigenvalue weighted by molar-refractivity contribution is 7.26.